The molecule has 0 aromatic carbocycles. The third kappa shape index (κ3) is 5.25. The summed E-state index contributed by atoms with van der Waals surface area (Å²) < 4.78 is 0. The summed E-state index contributed by atoms with van der Waals surface area (Å²) in [5.74, 6) is 1.57. The van der Waals surface area contributed by atoms with Crippen LogP contribution in [0.25, 0.3) is 0 Å². The van der Waals surface area contributed by atoms with Crippen molar-refractivity contribution in [3.05, 3.63) is 0 Å². The predicted molar refractivity (Wildman–Crippen MR) is 79.1 cm³/mol. The standard InChI is InChI=1S/C14H30N4/c1-5-13(18-8-6-7-9-18)11-17-14(15-4)16-10-12(2)3/h12-13H,5-11H2,1-4H3,(H2,15,16,17). The minimum Gasteiger partial charge on any atom is -0.356 e. The Morgan fingerprint density at radius 2 is 1.78 bits per heavy atom. The lowest BCUT2D eigenvalue weighted by molar-refractivity contribution is 0.236. The second kappa shape index (κ2) is 8.35. The summed E-state index contributed by atoms with van der Waals surface area (Å²) in [7, 11) is 1.84. The molecule has 1 aliphatic heterocycles. The third-order valence-corrected chi connectivity index (χ3v) is 3.53. The van der Waals surface area contributed by atoms with Crippen LogP contribution in [-0.4, -0.2) is 50.1 Å². The molecule has 18 heavy (non-hydrogen) atoms. The van der Waals surface area contributed by atoms with Crippen LogP contribution in [0.1, 0.15) is 40.0 Å². The van der Waals surface area contributed by atoms with Gasteiger partial charge in [-0.15, -0.1) is 0 Å². The maximum Gasteiger partial charge on any atom is 0.191 e. The molecule has 0 aliphatic carbocycles. The number of guanidine groups is 1. The van der Waals surface area contributed by atoms with Gasteiger partial charge in [-0.1, -0.05) is 20.8 Å². The quantitative estimate of drug-likeness (QED) is 0.560. The second-order valence-electron chi connectivity index (χ2n) is 5.53. The maximum atomic E-state index is 4.27. The normalized spacial score (nSPS) is 19.3. The smallest absolute Gasteiger partial charge is 0.191 e. The Morgan fingerprint density at radius 1 is 1.17 bits per heavy atom. The van der Waals surface area contributed by atoms with Gasteiger partial charge in [0, 0.05) is 26.2 Å². The van der Waals surface area contributed by atoms with Gasteiger partial charge in [-0.2, -0.15) is 0 Å². The Morgan fingerprint density at radius 3 is 2.28 bits per heavy atom. The molecule has 4 nitrogen and oxygen atoms in total. The van der Waals surface area contributed by atoms with Crippen molar-refractivity contribution in [2.24, 2.45) is 10.9 Å². The summed E-state index contributed by atoms with van der Waals surface area (Å²) in [6.07, 6.45) is 3.92. The van der Waals surface area contributed by atoms with Crippen molar-refractivity contribution in [3.63, 3.8) is 0 Å². The van der Waals surface area contributed by atoms with Gasteiger partial charge in [0.2, 0.25) is 0 Å². The van der Waals surface area contributed by atoms with E-state index in [9.17, 15) is 0 Å². The number of nitrogens with zero attached hydrogens (tertiary/aromatic N) is 2. The molecule has 0 aromatic heterocycles. The molecule has 2 N–H and O–H groups in total. The van der Waals surface area contributed by atoms with Crippen molar-refractivity contribution in [1.29, 1.82) is 0 Å². The van der Waals surface area contributed by atoms with Gasteiger partial charge in [0.1, 0.15) is 0 Å². The highest BCUT2D eigenvalue weighted by Crippen LogP contribution is 2.13. The molecule has 1 heterocycles. The molecule has 0 radical (unpaired) electrons. The van der Waals surface area contributed by atoms with E-state index in [0.29, 0.717) is 12.0 Å². The van der Waals surface area contributed by atoms with Gasteiger partial charge in [-0.25, -0.2) is 0 Å². The van der Waals surface area contributed by atoms with E-state index in [2.05, 4.69) is 41.3 Å². The lowest BCUT2D eigenvalue weighted by Crippen LogP contribution is -2.46. The first-order valence-electron chi connectivity index (χ1n) is 7.36. The molecular weight excluding hydrogens is 224 g/mol. The predicted octanol–water partition coefficient (Wildman–Crippen LogP) is 1.68. The van der Waals surface area contributed by atoms with Gasteiger partial charge in [-0.3, -0.25) is 9.89 Å². The van der Waals surface area contributed by atoms with Gasteiger partial charge in [-0.05, 0) is 38.3 Å². The van der Waals surface area contributed by atoms with E-state index < -0.39 is 0 Å². The molecule has 1 saturated heterocycles. The number of hydrogen-bond acceptors (Lipinski definition) is 2. The zero-order valence-electron chi connectivity index (χ0n) is 12.5. The topological polar surface area (TPSA) is 39.7 Å². The number of aliphatic imine (C=N–C) groups is 1. The van der Waals surface area contributed by atoms with E-state index in [1.807, 2.05) is 7.05 Å². The van der Waals surface area contributed by atoms with Crippen LogP contribution in [0.5, 0.6) is 0 Å². The number of likely N-dealkylation sites (tertiary alicyclic amines) is 1. The lowest BCUT2D eigenvalue weighted by Gasteiger charge is -2.27. The SMILES string of the molecule is CCC(CNC(=NC)NCC(C)C)N1CCCC1. The highest BCUT2D eigenvalue weighted by molar-refractivity contribution is 5.79. The summed E-state index contributed by atoms with van der Waals surface area (Å²) in [5, 5.41) is 6.81. The van der Waals surface area contributed by atoms with Crippen molar-refractivity contribution in [2.75, 3.05) is 33.2 Å². The Labute approximate surface area is 112 Å². The van der Waals surface area contributed by atoms with E-state index in [0.717, 1.165) is 19.0 Å². The van der Waals surface area contributed by atoms with E-state index >= 15 is 0 Å². The number of nitrogens with one attached hydrogen (secondary N) is 2. The van der Waals surface area contributed by atoms with Crippen molar-refractivity contribution in [2.45, 2.75) is 46.1 Å². The monoisotopic (exact) mass is 254 g/mol. The molecule has 1 fully saturated rings. The molecule has 1 atom stereocenters. The molecule has 0 aromatic rings. The molecule has 1 rings (SSSR count). The molecule has 1 unspecified atom stereocenters. The van der Waals surface area contributed by atoms with Gasteiger partial charge in [0.25, 0.3) is 0 Å². The summed E-state index contributed by atoms with van der Waals surface area (Å²) in [4.78, 5) is 6.87. The Balaban J connectivity index is 2.31. The summed E-state index contributed by atoms with van der Waals surface area (Å²) in [6, 6.07) is 0.644. The van der Waals surface area contributed by atoms with Crippen molar-refractivity contribution < 1.29 is 0 Å². The molecule has 1 aliphatic rings. The van der Waals surface area contributed by atoms with Crippen LogP contribution in [0.4, 0.5) is 0 Å². The van der Waals surface area contributed by atoms with E-state index in [-0.39, 0.29) is 0 Å². The largest absolute Gasteiger partial charge is 0.356 e. The van der Waals surface area contributed by atoms with Crippen LogP contribution in [0.2, 0.25) is 0 Å². The highest BCUT2D eigenvalue weighted by atomic mass is 15.2. The first-order chi connectivity index (χ1) is 8.67. The fourth-order valence-electron chi connectivity index (χ4n) is 2.37. The fourth-order valence-corrected chi connectivity index (χ4v) is 2.37. The Kier molecular flexibility index (Phi) is 7.09. The van der Waals surface area contributed by atoms with Crippen LogP contribution in [0.3, 0.4) is 0 Å². The first kappa shape index (κ1) is 15.3. The zero-order chi connectivity index (χ0) is 13.4. The first-order valence-corrected chi connectivity index (χ1v) is 7.36. The maximum absolute atomic E-state index is 4.27. The molecule has 4 heteroatoms. The van der Waals surface area contributed by atoms with Gasteiger partial charge >= 0.3 is 0 Å². The van der Waals surface area contributed by atoms with E-state index in [4.69, 9.17) is 0 Å². The summed E-state index contributed by atoms with van der Waals surface area (Å²) in [6.45, 7) is 11.2. The number of hydrogen-bond donors (Lipinski definition) is 2. The minimum atomic E-state index is 0.643. The average molecular weight is 254 g/mol. The van der Waals surface area contributed by atoms with E-state index in [1.54, 1.807) is 0 Å². The van der Waals surface area contributed by atoms with Crippen LogP contribution >= 0.6 is 0 Å². The van der Waals surface area contributed by atoms with Crippen molar-refractivity contribution in [3.8, 4) is 0 Å². The van der Waals surface area contributed by atoms with Crippen LogP contribution in [-0.2, 0) is 0 Å². The summed E-state index contributed by atoms with van der Waals surface area (Å²) in [5.41, 5.74) is 0. The second-order valence-corrected chi connectivity index (χ2v) is 5.53. The van der Waals surface area contributed by atoms with Gasteiger partial charge in [0.05, 0.1) is 0 Å². The Hall–Kier alpha value is -0.770. The molecular formula is C14H30N4. The molecule has 0 spiro atoms. The summed E-state index contributed by atoms with van der Waals surface area (Å²) >= 11 is 0. The van der Waals surface area contributed by atoms with Crippen molar-refractivity contribution >= 4 is 5.96 Å². The van der Waals surface area contributed by atoms with E-state index in [1.165, 1.54) is 32.4 Å². The van der Waals surface area contributed by atoms with Crippen LogP contribution < -0.4 is 10.6 Å². The molecule has 106 valence electrons. The number of rotatable bonds is 6. The molecule has 0 bridgehead atoms. The van der Waals surface area contributed by atoms with Gasteiger partial charge in [0.15, 0.2) is 5.96 Å². The Bertz CT molecular complexity index is 244. The lowest BCUT2D eigenvalue weighted by atomic mass is 10.2. The fraction of sp³-hybridized carbons (Fsp3) is 0.929. The van der Waals surface area contributed by atoms with Crippen LogP contribution in [0.15, 0.2) is 4.99 Å². The zero-order valence-corrected chi connectivity index (χ0v) is 12.5. The minimum absolute atomic E-state index is 0.643. The molecule has 0 saturated carbocycles. The third-order valence-electron chi connectivity index (χ3n) is 3.53. The molecule has 0 amide bonds. The van der Waals surface area contributed by atoms with Gasteiger partial charge < -0.3 is 10.6 Å². The average Bonchev–Trinajstić information content (AvgIpc) is 2.87. The van der Waals surface area contributed by atoms with Crippen molar-refractivity contribution in [1.82, 2.24) is 15.5 Å². The van der Waals surface area contributed by atoms with Crippen LogP contribution in [0, 0.1) is 5.92 Å². The highest BCUT2D eigenvalue weighted by Gasteiger charge is 2.20.